The molecule has 0 radical (unpaired) electrons. The van der Waals surface area contributed by atoms with Crippen LogP contribution in [0.4, 0.5) is 0 Å². The first kappa shape index (κ1) is 15.5. The zero-order valence-corrected chi connectivity index (χ0v) is 13.8. The molecule has 2 heterocycles. The summed E-state index contributed by atoms with van der Waals surface area (Å²) in [7, 11) is 0. The van der Waals surface area contributed by atoms with Gasteiger partial charge in [0.1, 0.15) is 5.15 Å². The van der Waals surface area contributed by atoms with Gasteiger partial charge in [-0.3, -0.25) is 4.90 Å². The molecule has 1 aliphatic heterocycles. The predicted octanol–water partition coefficient (Wildman–Crippen LogP) is 3.04. The van der Waals surface area contributed by atoms with Crippen LogP contribution >= 0.6 is 11.6 Å². The first-order chi connectivity index (χ1) is 10.6. The Kier molecular flexibility index (Phi) is 4.52. The van der Waals surface area contributed by atoms with Crippen molar-refractivity contribution in [1.29, 1.82) is 0 Å². The molecule has 2 aromatic rings. The van der Waals surface area contributed by atoms with Gasteiger partial charge < -0.3 is 5.11 Å². The Morgan fingerprint density at radius 1 is 1.36 bits per heavy atom. The molecule has 1 aromatic carbocycles. The fourth-order valence-corrected chi connectivity index (χ4v) is 3.41. The van der Waals surface area contributed by atoms with Crippen molar-refractivity contribution in [3.63, 3.8) is 0 Å². The summed E-state index contributed by atoms with van der Waals surface area (Å²) in [5.41, 5.74) is 3.02. The van der Waals surface area contributed by atoms with E-state index < -0.39 is 0 Å². The molecule has 2 atom stereocenters. The van der Waals surface area contributed by atoms with Crippen LogP contribution in [0, 0.1) is 12.8 Å². The number of hydrogen-bond acceptors (Lipinski definition) is 3. The summed E-state index contributed by atoms with van der Waals surface area (Å²) >= 11 is 6.57. The highest BCUT2D eigenvalue weighted by Crippen LogP contribution is 2.27. The van der Waals surface area contributed by atoms with Crippen LogP contribution in [0.15, 0.2) is 30.3 Å². The highest BCUT2D eigenvalue weighted by atomic mass is 35.5. The maximum Gasteiger partial charge on any atom is 0.137 e. The Balaban J connectivity index is 1.80. The molecule has 5 heteroatoms. The fourth-order valence-electron chi connectivity index (χ4n) is 3.07. The highest BCUT2D eigenvalue weighted by molar-refractivity contribution is 6.30. The molecule has 0 aliphatic carbocycles. The standard InChI is InChI=1S/C17H22ClN3O/c1-12-16(11-20-9-8-14(10-20)13(2)22)17(18)21(19-12)15-6-4-3-5-7-15/h3-7,13-14,22H,8-11H2,1-2H3. The third-order valence-corrected chi connectivity index (χ3v) is 4.88. The number of para-hydroxylation sites is 1. The van der Waals surface area contributed by atoms with Crippen LogP contribution in [0.25, 0.3) is 5.69 Å². The van der Waals surface area contributed by atoms with Gasteiger partial charge in [-0.15, -0.1) is 0 Å². The van der Waals surface area contributed by atoms with Crippen LogP contribution in [-0.4, -0.2) is 39.0 Å². The Morgan fingerprint density at radius 3 is 2.73 bits per heavy atom. The number of aliphatic hydroxyl groups is 1. The number of aromatic nitrogens is 2. The van der Waals surface area contributed by atoms with E-state index in [1.54, 1.807) is 4.68 Å². The smallest absolute Gasteiger partial charge is 0.137 e. The number of hydrogen-bond donors (Lipinski definition) is 1. The Labute approximate surface area is 136 Å². The van der Waals surface area contributed by atoms with Gasteiger partial charge in [0.15, 0.2) is 0 Å². The summed E-state index contributed by atoms with van der Waals surface area (Å²) in [4.78, 5) is 2.35. The van der Waals surface area contributed by atoms with Crippen molar-refractivity contribution in [2.24, 2.45) is 5.92 Å². The predicted molar refractivity (Wildman–Crippen MR) is 88.4 cm³/mol. The number of aliphatic hydroxyl groups excluding tert-OH is 1. The van der Waals surface area contributed by atoms with E-state index >= 15 is 0 Å². The second kappa shape index (κ2) is 6.41. The first-order valence-electron chi connectivity index (χ1n) is 7.76. The summed E-state index contributed by atoms with van der Waals surface area (Å²) in [6, 6.07) is 9.95. The second-order valence-electron chi connectivity index (χ2n) is 6.13. The maximum atomic E-state index is 9.73. The lowest BCUT2D eigenvalue weighted by molar-refractivity contribution is 0.127. The molecule has 118 valence electrons. The lowest BCUT2D eigenvalue weighted by atomic mass is 10.0. The van der Waals surface area contributed by atoms with Crippen LogP contribution in [0.5, 0.6) is 0 Å². The van der Waals surface area contributed by atoms with E-state index in [0.29, 0.717) is 11.1 Å². The number of halogens is 1. The maximum absolute atomic E-state index is 9.73. The van der Waals surface area contributed by atoms with Crippen LogP contribution in [-0.2, 0) is 6.54 Å². The molecule has 0 spiro atoms. The molecule has 22 heavy (non-hydrogen) atoms. The second-order valence-corrected chi connectivity index (χ2v) is 6.48. The van der Waals surface area contributed by atoms with Gasteiger partial charge in [0, 0.05) is 18.7 Å². The van der Waals surface area contributed by atoms with E-state index in [2.05, 4.69) is 10.00 Å². The Hall–Kier alpha value is -1.36. The molecule has 4 nitrogen and oxygen atoms in total. The van der Waals surface area contributed by atoms with Gasteiger partial charge >= 0.3 is 0 Å². The number of likely N-dealkylation sites (tertiary alicyclic amines) is 1. The summed E-state index contributed by atoms with van der Waals surface area (Å²) in [5.74, 6) is 0.364. The largest absolute Gasteiger partial charge is 0.393 e. The summed E-state index contributed by atoms with van der Waals surface area (Å²) in [6.07, 6.45) is 0.801. The van der Waals surface area contributed by atoms with Crippen molar-refractivity contribution in [3.8, 4) is 5.69 Å². The van der Waals surface area contributed by atoms with Crippen molar-refractivity contribution in [3.05, 3.63) is 46.7 Å². The summed E-state index contributed by atoms with van der Waals surface area (Å²) in [6.45, 7) is 6.59. The number of aryl methyl sites for hydroxylation is 1. The van der Waals surface area contributed by atoms with Gasteiger partial charge in [0.2, 0.25) is 0 Å². The SMILES string of the molecule is Cc1nn(-c2ccccc2)c(Cl)c1CN1CCC(C(C)O)C1. The minimum atomic E-state index is -0.242. The lowest BCUT2D eigenvalue weighted by Crippen LogP contribution is -2.24. The molecule has 1 N–H and O–H groups in total. The summed E-state index contributed by atoms with van der Waals surface area (Å²) < 4.78 is 1.80. The molecule has 0 bridgehead atoms. The highest BCUT2D eigenvalue weighted by Gasteiger charge is 2.27. The zero-order valence-electron chi connectivity index (χ0n) is 13.0. The Bertz CT molecular complexity index is 639. The van der Waals surface area contributed by atoms with E-state index in [1.165, 1.54) is 0 Å². The lowest BCUT2D eigenvalue weighted by Gasteiger charge is -2.17. The average molecular weight is 320 g/mol. The van der Waals surface area contributed by atoms with E-state index in [4.69, 9.17) is 11.6 Å². The van der Waals surface area contributed by atoms with E-state index in [1.807, 2.05) is 44.2 Å². The Morgan fingerprint density at radius 2 is 2.09 bits per heavy atom. The van der Waals surface area contributed by atoms with Crippen LogP contribution in [0.2, 0.25) is 5.15 Å². The molecule has 1 saturated heterocycles. The van der Waals surface area contributed by atoms with Gasteiger partial charge in [0.05, 0.1) is 17.5 Å². The summed E-state index contributed by atoms with van der Waals surface area (Å²) in [5, 5.41) is 15.0. The van der Waals surface area contributed by atoms with Crippen molar-refractivity contribution < 1.29 is 5.11 Å². The first-order valence-corrected chi connectivity index (χ1v) is 8.14. The molecular weight excluding hydrogens is 298 g/mol. The minimum Gasteiger partial charge on any atom is -0.393 e. The average Bonchev–Trinajstić information content (AvgIpc) is 3.09. The number of rotatable bonds is 4. The van der Waals surface area contributed by atoms with Crippen molar-refractivity contribution >= 4 is 11.6 Å². The number of benzene rings is 1. The molecule has 2 unspecified atom stereocenters. The van der Waals surface area contributed by atoms with Crippen LogP contribution < -0.4 is 0 Å². The van der Waals surface area contributed by atoms with E-state index in [9.17, 15) is 5.11 Å². The monoisotopic (exact) mass is 319 g/mol. The third-order valence-electron chi connectivity index (χ3n) is 4.50. The zero-order chi connectivity index (χ0) is 15.7. The third kappa shape index (κ3) is 3.05. The minimum absolute atomic E-state index is 0.242. The van der Waals surface area contributed by atoms with Gasteiger partial charge in [0.25, 0.3) is 0 Å². The molecule has 0 amide bonds. The van der Waals surface area contributed by atoms with Crippen LogP contribution in [0.1, 0.15) is 24.6 Å². The van der Waals surface area contributed by atoms with Gasteiger partial charge in [-0.05, 0) is 44.9 Å². The topological polar surface area (TPSA) is 41.3 Å². The number of nitrogens with zero attached hydrogens (tertiary/aromatic N) is 3. The van der Waals surface area contributed by atoms with E-state index in [0.717, 1.165) is 43.0 Å². The van der Waals surface area contributed by atoms with E-state index in [-0.39, 0.29) is 6.10 Å². The van der Waals surface area contributed by atoms with Crippen LogP contribution in [0.3, 0.4) is 0 Å². The van der Waals surface area contributed by atoms with Crippen molar-refractivity contribution in [2.75, 3.05) is 13.1 Å². The van der Waals surface area contributed by atoms with Gasteiger partial charge in [-0.1, -0.05) is 29.8 Å². The van der Waals surface area contributed by atoms with Crippen molar-refractivity contribution in [2.45, 2.75) is 32.9 Å². The van der Waals surface area contributed by atoms with Gasteiger partial charge in [-0.2, -0.15) is 5.10 Å². The van der Waals surface area contributed by atoms with Gasteiger partial charge in [-0.25, -0.2) is 4.68 Å². The molecule has 1 aromatic heterocycles. The molecule has 3 rings (SSSR count). The molecular formula is C17H22ClN3O. The quantitative estimate of drug-likeness (QED) is 0.941. The van der Waals surface area contributed by atoms with Crippen molar-refractivity contribution in [1.82, 2.24) is 14.7 Å². The molecule has 0 saturated carbocycles. The fraction of sp³-hybridized carbons (Fsp3) is 0.471. The molecule has 1 fully saturated rings. The normalized spacial score (nSPS) is 20.5. The molecule has 1 aliphatic rings.